The number of halogens is 2. The first-order chi connectivity index (χ1) is 8.56. The van der Waals surface area contributed by atoms with Gasteiger partial charge in [-0.2, -0.15) is 0 Å². The molecule has 1 aromatic carbocycles. The van der Waals surface area contributed by atoms with E-state index in [2.05, 4.69) is 0 Å². The fourth-order valence-electron chi connectivity index (χ4n) is 1.33. The van der Waals surface area contributed by atoms with Gasteiger partial charge in [-0.1, -0.05) is 11.6 Å². The van der Waals surface area contributed by atoms with E-state index in [0.29, 0.717) is 4.34 Å². The molecule has 1 aromatic heterocycles. The van der Waals surface area contributed by atoms with Gasteiger partial charge in [0.1, 0.15) is 6.61 Å². The third-order valence-corrected chi connectivity index (χ3v) is 3.38. The van der Waals surface area contributed by atoms with Crippen molar-refractivity contribution in [2.45, 2.75) is 6.61 Å². The van der Waals surface area contributed by atoms with E-state index >= 15 is 0 Å². The number of hydrogen-bond donors (Lipinski definition) is 1. The van der Waals surface area contributed by atoms with Crippen LogP contribution in [0, 0.1) is 5.82 Å². The van der Waals surface area contributed by atoms with Gasteiger partial charge in [0.25, 0.3) is 0 Å². The summed E-state index contributed by atoms with van der Waals surface area (Å²) in [6, 6.07) is 7.04. The molecule has 2 aromatic rings. The van der Waals surface area contributed by atoms with Crippen molar-refractivity contribution < 1.29 is 19.0 Å². The van der Waals surface area contributed by atoms with Gasteiger partial charge < -0.3 is 9.84 Å². The molecule has 6 heteroatoms. The lowest BCUT2D eigenvalue weighted by Crippen LogP contribution is -2.00. The van der Waals surface area contributed by atoms with Gasteiger partial charge in [0.2, 0.25) is 0 Å². The molecule has 0 atom stereocenters. The lowest BCUT2D eigenvalue weighted by Gasteiger charge is -2.06. The first-order valence-corrected chi connectivity index (χ1v) is 6.15. The zero-order valence-electron chi connectivity index (χ0n) is 9.02. The second kappa shape index (κ2) is 5.37. The van der Waals surface area contributed by atoms with E-state index in [1.54, 1.807) is 12.1 Å². The molecule has 3 nitrogen and oxygen atoms in total. The van der Waals surface area contributed by atoms with E-state index < -0.39 is 11.8 Å². The maximum atomic E-state index is 13.5. The highest BCUT2D eigenvalue weighted by Gasteiger charge is 2.09. The minimum Gasteiger partial charge on any atom is -0.485 e. The molecule has 0 radical (unpaired) electrons. The number of thiophene rings is 1. The number of carbonyl (C=O) groups is 1. The average Bonchev–Trinajstić information content (AvgIpc) is 2.73. The summed E-state index contributed by atoms with van der Waals surface area (Å²) in [7, 11) is 0. The molecule has 2 rings (SSSR count). The van der Waals surface area contributed by atoms with Crippen molar-refractivity contribution in [2.75, 3.05) is 0 Å². The van der Waals surface area contributed by atoms with E-state index in [4.69, 9.17) is 21.4 Å². The van der Waals surface area contributed by atoms with E-state index in [0.717, 1.165) is 10.9 Å². The molecule has 0 spiro atoms. The molecule has 0 aliphatic rings. The molecule has 18 heavy (non-hydrogen) atoms. The number of ether oxygens (including phenoxy) is 1. The minimum atomic E-state index is -1.18. The molecule has 1 N–H and O–H groups in total. The largest absolute Gasteiger partial charge is 0.485 e. The van der Waals surface area contributed by atoms with Crippen molar-refractivity contribution >= 4 is 28.9 Å². The summed E-state index contributed by atoms with van der Waals surface area (Å²) in [6.07, 6.45) is 0. The first-order valence-electron chi connectivity index (χ1n) is 4.96. The molecule has 0 aliphatic heterocycles. The normalized spacial score (nSPS) is 10.3. The molecule has 0 unspecified atom stereocenters. The number of carboxylic acid groups (broad SMARTS) is 1. The van der Waals surface area contributed by atoms with Crippen LogP contribution in [0.5, 0.6) is 5.75 Å². The van der Waals surface area contributed by atoms with Crippen LogP contribution in [0.2, 0.25) is 4.34 Å². The van der Waals surface area contributed by atoms with Gasteiger partial charge in [0, 0.05) is 4.88 Å². The third kappa shape index (κ3) is 3.00. The number of aromatic carboxylic acids is 1. The fraction of sp³-hybridized carbons (Fsp3) is 0.0833. The van der Waals surface area contributed by atoms with Gasteiger partial charge in [-0.3, -0.25) is 0 Å². The number of carboxylic acids is 1. The second-order valence-electron chi connectivity index (χ2n) is 3.44. The lowest BCUT2D eigenvalue weighted by atomic mass is 10.2. The summed E-state index contributed by atoms with van der Waals surface area (Å²) < 4.78 is 19.4. The molecule has 0 fully saturated rings. The highest BCUT2D eigenvalue weighted by atomic mass is 35.5. The molecule has 94 valence electrons. The summed E-state index contributed by atoms with van der Waals surface area (Å²) >= 11 is 7.10. The molecule has 0 bridgehead atoms. The van der Waals surface area contributed by atoms with Crippen molar-refractivity contribution in [1.82, 2.24) is 0 Å². The Balaban J connectivity index is 2.08. The zero-order valence-corrected chi connectivity index (χ0v) is 10.6. The van der Waals surface area contributed by atoms with Crippen molar-refractivity contribution in [3.63, 3.8) is 0 Å². The molecule has 0 saturated carbocycles. The van der Waals surface area contributed by atoms with Crippen LogP contribution in [0.15, 0.2) is 30.3 Å². The van der Waals surface area contributed by atoms with Crippen LogP contribution in [-0.4, -0.2) is 11.1 Å². The van der Waals surface area contributed by atoms with Crippen LogP contribution in [0.4, 0.5) is 4.39 Å². The van der Waals surface area contributed by atoms with Gasteiger partial charge in [0.15, 0.2) is 11.6 Å². The topological polar surface area (TPSA) is 46.5 Å². The Morgan fingerprint density at radius 3 is 2.72 bits per heavy atom. The van der Waals surface area contributed by atoms with Crippen LogP contribution in [0.3, 0.4) is 0 Å². The quantitative estimate of drug-likeness (QED) is 0.929. The second-order valence-corrected chi connectivity index (χ2v) is 5.24. The maximum Gasteiger partial charge on any atom is 0.335 e. The number of rotatable bonds is 4. The van der Waals surface area contributed by atoms with E-state index in [-0.39, 0.29) is 17.9 Å². The average molecular weight is 287 g/mol. The SMILES string of the molecule is O=C(O)c1ccc(OCc2ccc(Cl)s2)c(F)c1. The fourth-order valence-corrected chi connectivity index (χ4v) is 2.33. The van der Waals surface area contributed by atoms with Crippen LogP contribution < -0.4 is 4.74 Å². The van der Waals surface area contributed by atoms with Gasteiger partial charge in [-0.15, -0.1) is 11.3 Å². The van der Waals surface area contributed by atoms with Gasteiger partial charge in [0.05, 0.1) is 9.90 Å². The summed E-state index contributed by atoms with van der Waals surface area (Å²) in [6.45, 7) is 0.195. The van der Waals surface area contributed by atoms with Crippen molar-refractivity contribution in [3.05, 3.63) is 50.9 Å². The standard InChI is InChI=1S/C12H8ClFO3S/c13-11-4-2-8(18-11)6-17-10-3-1-7(12(15)16)5-9(10)14/h1-5H,6H2,(H,15,16). The predicted octanol–water partition coefficient (Wildman–Crippen LogP) is 3.82. The zero-order chi connectivity index (χ0) is 13.1. The molecule has 1 heterocycles. The van der Waals surface area contributed by atoms with Crippen molar-refractivity contribution in [3.8, 4) is 5.75 Å². The Morgan fingerprint density at radius 1 is 1.39 bits per heavy atom. The molecule has 0 saturated heterocycles. The van der Waals surface area contributed by atoms with Crippen LogP contribution >= 0.6 is 22.9 Å². The van der Waals surface area contributed by atoms with E-state index in [9.17, 15) is 9.18 Å². The number of benzene rings is 1. The smallest absolute Gasteiger partial charge is 0.335 e. The Bertz CT molecular complexity index is 582. The van der Waals surface area contributed by atoms with Crippen molar-refractivity contribution in [1.29, 1.82) is 0 Å². The minimum absolute atomic E-state index is 0.0181. The highest BCUT2D eigenvalue weighted by molar-refractivity contribution is 7.16. The molecular formula is C12H8ClFO3S. The monoisotopic (exact) mass is 286 g/mol. The Hall–Kier alpha value is -1.59. The van der Waals surface area contributed by atoms with Crippen LogP contribution in [0.1, 0.15) is 15.2 Å². The molecular weight excluding hydrogens is 279 g/mol. The van der Waals surface area contributed by atoms with Gasteiger partial charge in [-0.25, -0.2) is 9.18 Å². The maximum absolute atomic E-state index is 13.5. The van der Waals surface area contributed by atoms with Crippen LogP contribution in [0.25, 0.3) is 0 Å². The van der Waals surface area contributed by atoms with Gasteiger partial charge in [-0.05, 0) is 30.3 Å². The summed E-state index contributed by atoms with van der Waals surface area (Å²) in [4.78, 5) is 11.5. The summed E-state index contributed by atoms with van der Waals surface area (Å²) in [5.74, 6) is -1.85. The first kappa shape index (κ1) is 12.9. The Kier molecular flexibility index (Phi) is 3.84. The van der Waals surface area contributed by atoms with E-state index in [1.807, 2.05) is 0 Å². The Morgan fingerprint density at radius 2 is 2.17 bits per heavy atom. The number of hydrogen-bond acceptors (Lipinski definition) is 3. The predicted molar refractivity (Wildman–Crippen MR) is 67.0 cm³/mol. The summed E-state index contributed by atoms with van der Waals surface area (Å²) in [5.41, 5.74) is -0.112. The Labute approximate surface area is 111 Å². The van der Waals surface area contributed by atoms with Gasteiger partial charge >= 0.3 is 5.97 Å². The molecule has 0 amide bonds. The van der Waals surface area contributed by atoms with Crippen LogP contribution in [-0.2, 0) is 6.61 Å². The highest BCUT2D eigenvalue weighted by Crippen LogP contribution is 2.24. The van der Waals surface area contributed by atoms with E-state index in [1.165, 1.54) is 23.5 Å². The lowest BCUT2D eigenvalue weighted by molar-refractivity contribution is 0.0696. The third-order valence-electron chi connectivity index (χ3n) is 2.18. The van der Waals surface area contributed by atoms with Crippen molar-refractivity contribution in [2.24, 2.45) is 0 Å². The molecule has 0 aliphatic carbocycles. The summed E-state index contributed by atoms with van der Waals surface area (Å²) in [5, 5.41) is 8.69.